The second-order valence-corrected chi connectivity index (χ2v) is 6.68. The molecule has 2 aromatic rings. The number of nitrogens with one attached hydrogen (secondary N) is 1. The molecule has 0 saturated carbocycles. The van der Waals surface area contributed by atoms with Gasteiger partial charge >= 0.3 is 0 Å². The molecule has 3 nitrogen and oxygen atoms in total. The highest BCUT2D eigenvalue weighted by Gasteiger charge is 2.33. The smallest absolute Gasteiger partial charge is 0.0994 e. The van der Waals surface area contributed by atoms with E-state index in [0.29, 0.717) is 0 Å². The van der Waals surface area contributed by atoms with E-state index in [-0.39, 0.29) is 5.41 Å². The molecule has 0 bridgehead atoms. The van der Waals surface area contributed by atoms with Crippen LogP contribution in [0.4, 0.5) is 0 Å². The van der Waals surface area contributed by atoms with Crippen LogP contribution in [0.2, 0.25) is 0 Å². The molecule has 1 atom stereocenters. The van der Waals surface area contributed by atoms with Gasteiger partial charge in [-0.1, -0.05) is 29.8 Å². The van der Waals surface area contributed by atoms with Gasteiger partial charge in [0.1, 0.15) is 0 Å². The maximum Gasteiger partial charge on any atom is 0.0994 e. The van der Waals surface area contributed by atoms with Gasteiger partial charge in [0.25, 0.3) is 0 Å². The van der Waals surface area contributed by atoms with E-state index in [4.69, 9.17) is 0 Å². The zero-order valence-electron chi connectivity index (χ0n) is 12.0. The number of hydrogen-bond donors (Lipinski definition) is 1. The molecule has 106 valence electrons. The van der Waals surface area contributed by atoms with Crippen LogP contribution < -0.4 is 5.32 Å². The van der Waals surface area contributed by atoms with Gasteiger partial charge in [0.05, 0.1) is 12.0 Å². The molecule has 1 aliphatic rings. The van der Waals surface area contributed by atoms with E-state index in [2.05, 4.69) is 62.8 Å². The second-order valence-electron chi connectivity index (χ2n) is 5.76. The molecule has 1 saturated heterocycles. The number of aromatic nitrogens is 2. The van der Waals surface area contributed by atoms with Crippen LogP contribution in [0.1, 0.15) is 31.5 Å². The molecule has 3 rings (SSSR count). The van der Waals surface area contributed by atoms with Crippen LogP contribution >= 0.6 is 15.9 Å². The minimum absolute atomic E-state index is 0.175. The first-order chi connectivity index (χ1) is 9.64. The predicted octanol–water partition coefficient (Wildman–Crippen LogP) is 3.45. The summed E-state index contributed by atoms with van der Waals surface area (Å²) in [6.45, 7) is 6.63. The van der Waals surface area contributed by atoms with E-state index in [9.17, 15) is 0 Å². The summed E-state index contributed by atoms with van der Waals surface area (Å²) in [7, 11) is 0. The maximum atomic E-state index is 4.41. The third-order valence-electron chi connectivity index (χ3n) is 4.31. The van der Waals surface area contributed by atoms with Gasteiger partial charge in [0.15, 0.2) is 0 Å². The van der Waals surface area contributed by atoms with Crippen molar-refractivity contribution < 1.29 is 0 Å². The Morgan fingerprint density at radius 3 is 3.00 bits per heavy atom. The number of imidazole rings is 1. The van der Waals surface area contributed by atoms with Crippen molar-refractivity contribution in [3.8, 4) is 5.69 Å². The van der Waals surface area contributed by atoms with E-state index in [1.807, 2.05) is 12.5 Å². The Morgan fingerprint density at radius 2 is 2.30 bits per heavy atom. The lowest BCUT2D eigenvalue weighted by Crippen LogP contribution is -2.27. The SMILES string of the molecule is CCc1cc(Br)ccc1-n1cncc1C1(C)CCNC1. The molecule has 1 aliphatic heterocycles. The number of benzene rings is 1. The van der Waals surface area contributed by atoms with Crippen LogP contribution in [0.5, 0.6) is 0 Å². The van der Waals surface area contributed by atoms with E-state index in [1.165, 1.54) is 16.9 Å². The summed E-state index contributed by atoms with van der Waals surface area (Å²) in [6.07, 6.45) is 6.15. The standard InChI is InChI=1S/C16H20BrN3/c1-3-12-8-13(17)4-5-14(12)20-11-19-9-15(20)16(2)6-7-18-10-16/h4-5,8-9,11,18H,3,6-7,10H2,1-2H3. The fraction of sp³-hybridized carbons (Fsp3) is 0.438. The molecule has 1 aromatic heterocycles. The molecule has 1 N–H and O–H groups in total. The highest BCUT2D eigenvalue weighted by molar-refractivity contribution is 9.10. The van der Waals surface area contributed by atoms with Gasteiger partial charge in [-0.25, -0.2) is 4.98 Å². The number of aryl methyl sites for hydroxylation is 1. The summed E-state index contributed by atoms with van der Waals surface area (Å²) in [6, 6.07) is 6.49. The molecular weight excluding hydrogens is 314 g/mol. The molecule has 20 heavy (non-hydrogen) atoms. The van der Waals surface area contributed by atoms with Crippen molar-refractivity contribution in [3.63, 3.8) is 0 Å². The van der Waals surface area contributed by atoms with Gasteiger partial charge in [-0.2, -0.15) is 0 Å². The fourth-order valence-electron chi connectivity index (χ4n) is 3.04. The fourth-order valence-corrected chi connectivity index (χ4v) is 3.45. The van der Waals surface area contributed by atoms with Crippen molar-refractivity contribution in [3.05, 3.63) is 46.5 Å². The Hall–Kier alpha value is -1.13. The van der Waals surface area contributed by atoms with E-state index >= 15 is 0 Å². The minimum atomic E-state index is 0.175. The number of rotatable bonds is 3. The highest BCUT2D eigenvalue weighted by Crippen LogP contribution is 2.32. The lowest BCUT2D eigenvalue weighted by Gasteiger charge is -2.25. The minimum Gasteiger partial charge on any atom is -0.316 e. The van der Waals surface area contributed by atoms with Crippen LogP contribution in [-0.4, -0.2) is 22.6 Å². The normalized spacial score (nSPS) is 22.4. The average Bonchev–Trinajstić information content (AvgIpc) is 3.08. The highest BCUT2D eigenvalue weighted by atomic mass is 79.9. The zero-order valence-corrected chi connectivity index (χ0v) is 13.6. The van der Waals surface area contributed by atoms with E-state index in [1.54, 1.807) is 0 Å². The monoisotopic (exact) mass is 333 g/mol. The Kier molecular flexibility index (Phi) is 3.69. The Labute approximate surface area is 128 Å². The third kappa shape index (κ3) is 2.31. The third-order valence-corrected chi connectivity index (χ3v) is 4.80. The molecule has 2 heterocycles. The molecule has 0 spiro atoms. The molecule has 0 aliphatic carbocycles. The summed E-state index contributed by atoms with van der Waals surface area (Å²) >= 11 is 3.56. The summed E-state index contributed by atoms with van der Waals surface area (Å²) < 4.78 is 3.40. The van der Waals surface area contributed by atoms with Gasteiger partial charge in [-0.05, 0) is 43.1 Å². The first-order valence-corrected chi connectivity index (χ1v) is 7.96. The lowest BCUT2D eigenvalue weighted by atomic mass is 9.86. The van der Waals surface area contributed by atoms with Gasteiger partial charge in [-0.3, -0.25) is 0 Å². The molecule has 1 aromatic carbocycles. The Morgan fingerprint density at radius 1 is 1.45 bits per heavy atom. The topological polar surface area (TPSA) is 29.9 Å². The van der Waals surface area contributed by atoms with Gasteiger partial charge in [0.2, 0.25) is 0 Å². The summed E-state index contributed by atoms with van der Waals surface area (Å²) in [4.78, 5) is 4.41. The zero-order chi connectivity index (χ0) is 14.2. The summed E-state index contributed by atoms with van der Waals surface area (Å²) in [5.74, 6) is 0. The molecule has 4 heteroatoms. The average molecular weight is 334 g/mol. The molecule has 1 unspecified atom stereocenters. The van der Waals surface area contributed by atoms with Crippen LogP contribution in [0, 0.1) is 0 Å². The van der Waals surface area contributed by atoms with Crippen LogP contribution in [0.3, 0.4) is 0 Å². The Bertz CT molecular complexity index is 612. The first-order valence-electron chi connectivity index (χ1n) is 7.16. The maximum absolute atomic E-state index is 4.41. The number of hydrogen-bond acceptors (Lipinski definition) is 2. The molecule has 1 fully saturated rings. The van der Waals surface area contributed by atoms with Gasteiger partial charge < -0.3 is 9.88 Å². The largest absolute Gasteiger partial charge is 0.316 e. The van der Waals surface area contributed by atoms with Crippen molar-refractivity contribution >= 4 is 15.9 Å². The summed E-state index contributed by atoms with van der Waals surface area (Å²) in [5.41, 5.74) is 4.07. The van der Waals surface area contributed by atoms with Crippen molar-refractivity contribution in [2.24, 2.45) is 0 Å². The first kappa shape index (κ1) is 13.8. The van der Waals surface area contributed by atoms with E-state index in [0.717, 1.165) is 30.4 Å². The predicted molar refractivity (Wildman–Crippen MR) is 85.5 cm³/mol. The number of nitrogens with zero attached hydrogens (tertiary/aromatic N) is 2. The van der Waals surface area contributed by atoms with E-state index < -0.39 is 0 Å². The van der Waals surface area contributed by atoms with Crippen molar-refractivity contribution in [1.82, 2.24) is 14.9 Å². The van der Waals surface area contributed by atoms with Crippen LogP contribution in [0.15, 0.2) is 35.2 Å². The number of halogens is 1. The second kappa shape index (κ2) is 5.34. The lowest BCUT2D eigenvalue weighted by molar-refractivity contribution is 0.498. The summed E-state index contributed by atoms with van der Waals surface area (Å²) in [5, 5.41) is 3.47. The molecular formula is C16H20BrN3. The van der Waals surface area contributed by atoms with Crippen LogP contribution in [-0.2, 0) is 11.8 Å². The quantitative estimate of drug-likeness (QED) is 0.932. The Balaban J connectivity index is 2.10. The van der Waals surface area contributed by atoms with Crippen molar-refractivity contribution in [2.75, 3.05) is 13.1 Å². The molecule has 0 amide bonds. The molecule has 0 radical (unpaired) electrons. The van der Waals surface area contributed by atoms with Gasteiger partial charge in [-0.15, -0.1) is 0 Å². The van der Waals surface area contributed by atoms with Gasteiger partial charge in [0, 0.05) is 28.3 Å². The van der Waals surface area contributed by atoms with Crippen LogP contribution in [0.25, 0.3) is 5.69 Å². The van der Waals surface area contributed by atoms with Crippen molar-refractivity contribution in [1.29, 1.82) is 0 Å². The van der Waals surface area contributed by atoms with Crippen molar-refractivity contribution in [2.45, 2.75) is 32.1 Å².